The maximum atomic E-state index is 9.60. The van der Waals surface area contributed by atoms with E-state index in [-0.39, 0.29) is 52.8 Å². The van der Waals surface area contributed by atoms with Crippen molar-refractivity contribution in [2.75, 3.05) is 0 Å². The molecular formula is C52H32N2S2. The second-order valence-electron chi connectivity index (χ2n) is 12.0. The Bertz CT molecular complexity index is 4810. The van der Waals surface area contributed by atoms with Gasteiger partial charge in [0.1, 0.15) is 6.33 Å². The molecule has 11 aromatic rings. The monoisotopic (exact) mass is 776 g/mol. The Labute approximate surface area is 372 Å². The molecule has 0 bridgehead atoms. The molecule has 56 heavy (non-hydrogen) atoms. The molecule has 0 atom stereocenters. The normalized spacial score (nSPS) is 18.6. The van der Waals surface area contributed by atoms with Crippen LogP contribution in [-0.2, 0) is 0 Å². The molecule has 0 amide bonds. The van der Waals surface area contributed by atoms with E-state index in [1.807, 2.05) is 0 Å². The maximum Gasteiger partial charge on any atom is 0.116 e. The summed E-state index contributed by atoms with van der Waals surface area (Å²) in [6.07, 6.45) is 1.06. The van der Waals surface area contributed by atoms with E-state index in [1.165, 1.54) is 12.1 Å². The molecule has 0 aliphatic heterocycles. The Morgan fingerprint density at radius 3 is 1.70 bits per heavy atom. The molecule has 0 N–H and O–H groups in total. The third-order valence-electron chi connectivity index (χ3n) is 8.71. The van der Waals surface area contributed by atoms with E-state index >= 15 is 0 Å². The highest BCUT2D eigenvalue weighted by atomic mass is 32.1. The first-order valence-corrected chi connectivity index (χ1v) is 18.2. The van der Waals surface area contributed by atoms with Crippen molar-refractivity contribution in [3.05, 3.63) is 194 Å². The molecular weight excluding hydrogens is 717 g/mol. The molecule has 262 valence electrons. The fourth-order valence-electron chi connectivity index (χ4n) is 6.11. The van der Waals surface area contributed by atoms with Gasteiger partial charge in [0.15, 0.2) is 0 Å². The molecule has 0 fully saturated rings. The van der Waals surface area contributed by atoms with Crippen molar-refractivity contribution in [2.45, 2.75) is 0 Å². The molecule has 2 nitrogen and oxygen atoms in total. The molecule has 3 heterocycles. The summed E-state index contributed by atoms with van der Waals surface area (Å²) < 4.78 is 248. The summed E-state index contributed by atoms with van der Waals surface area (Å²) in [6.45, 7) is 0. The Hall–Kier alpha value is -6.72. The number of aromatic nitrogens is 2. The second-order valence-corrected chi connectivity index (χ2v) is 14.0. The molecule has 0 aliphatic carbocycles. The summed E-state index contributed by atoms with van der Waals surface area (Å²) in [4.78, 5) is 8.88. The van der Waals surface area contributed by atoms with Crippen molar-refractivity contribution in [3.8, 4) is 66.9 Å². The fourth-order valence-corrected chi connectivity index (χ4v) is 8.32. The molecule has 3 aromatic heterocycles. The van der Waals surface area contributed by atoms with Gasteiger partial charge < -0.3 is 0 Å². The smallest absolute Gasteiger partial charge is 0.116 e. The van der Waals surface area contributed by atoms with Gasteiger partial charge in [0, 0.05) is 35.8 Å². The minimum absolute atomic E-state index is 0.0491. The van der Waals surface area contributed by atoms with E-state index in [4.69, 9.17) is 30.2 Å². The summed E-state index contributed by atoms with van der Waals surface area (Å²) in [7, 11) is 0. The lowest BCUT2D eigenvalue weighted by Gasteiger charge is -2.09. The van der Waals surface area contributed by atoms with E-state index < -0.39 is 214 Å². The van der Waals surface area contributed by atoms with Crippen molar-refractivity contribution < 1.29 is 38.4 Å². The van der Waals surface area contributed by atoms with E-state index in [9.17, 15) is 8.22 Å². The van der Waals surface area contributed by atoms with E-state index in [0.717, 1.165) is 17.7 Å². The summed E-state index contributed by atoms with van der Waals surface area (Å²) in [5, 5.41) is -0.0174. The standard InChI is InChI=1S/C52H32N2S2/c1-2-9-33(10-3-1)34-19-21-35(22-20-34)38-11-6-13-40(29-38)41-27-28-48-46(31-41)50-52(56-48)49(53-32-54-50)42-14-7-12-39(30-42)36-23-25-37(26-24-36)43-16-8-17-45-44-15-4-5-18-47(44)55-51(43)45/h1-32H/i1D,2D,3D,4D,5D,6D,7D,8D,9D,10D,11D,12D,13D,14D,15D,16D,17D,18D,19D,20D,21D,22D,23D,24D,25D,26D,29D,30D. The van der Waals surface area contributed by atoms with Crippen molar-refractivity contribution >= 4 is 63.1 Å². The lowest BCUT2D eigenvalue weighted by Crippen LogP contribution is -1.87. The summed E-state index contributed by atoms with van der Waals surface area (Å²) >= 11 is 1.74. The minimum atomic E-state index is -0.874. The van der Waals surface area contributed by atoms with Crippen molar-refractivity contribution in [1.29, 1.82) is 0 Å². The zero-order chi connectivity index (χ0) is 61.4. The van der Waals surface area contributed by atoms with Crippen LogP contribution in [0.3, 0.4) is 0 Å². The highest BCUT2D eigenvalue weighted by Crippen LogP contribution is 2.42. The highest BCUT2D eigenvalue weighted by Gasteiger charge is 2.16. The van der Waals surface area contributed by atoms with E-state index in [0.29, 0.717) is 21.4 Å². The summed E-state index contributed by atoms with van der Waals surface area (Å²) in [5.74, 6) is 0. The van der Waals surface area contributed by atoms with Gasteiger partial charge in [-0.2, -0.15) is 0 Å². The van der Waals surface area contributed by atoms with Gasteiger partial charge in [0.05, 0.1) is 54.3 Å². The highest BCUT2D eigenvalue weighted by molar-refractivity contribution is 7.26. The van der Waals surface area contributed by atoms with Crippen LogP contribution in [0.1, 0.15) is 38.4 Å². The summed E-state index contributed by atoms with van der Waals surface area (Å²) in [6, 6.07) is -16.7. The van der Waals surface area contributed by atoms with Crippen LogP contribution in [0.5, 0.6) is 0 Å². The van der Waals surface area contributed by atoms with Gasteiger partial charge in [-0.3, -0.25) is 0 Å². The third kappa shape index (κ3) is 5.70. The lowest BCUT2D eigenvalue weighted by molar-refractivity contribution is 1.24. The number of thiophene rings is 2. The average Bonchev–Trinajstić information content (AvgIpc) is 1.50. The number of hydrogen-bond acceptors (Lipinski definition) is 4. The first-order valence-electron chi connectivity index (χ1n) is 30.5. The van der Waals surface area contributed by atoms with Gasteiger partial charge in [-0.25, -0.2) is 9.97 Å². The number of rotatable bonds is 6. The average molecular weight is 777 g/mol. The lowest BCUT2D eigenvalue weighted by atomic mass is 9.96. The Kier molecular flexibility index (Phi) is 3.65. The van der Waals surface area contributed by atoms with Crippen LogP contribution in [-0.4, -0.2) is 9.97 Å². The zero-order valence-corrected chi connectivity index (χ0v) is 29.7. The number of fused-ring (bicyclic) bond motifs is 6. The molecule has 0 saturated carbocycles. The predicted molar refractivity (Wildman–Crippen MR) is 240 cm³/mol. The molecule has 0 radical (unpaired) electrons. The SMILES string of the molecule is [2H]c1c([2H])c([2H])c(-c2c([2H])c([2H])c(-c3c([2H])c([2H])c([2H])c(-c4ccc5sc6c(-c7c([2H])c([2H])c([2H])c(-c8c([2H])c([2H])c(-c9c([2H])c([2H])c([2H])c%10c9sc9c([2H])c([2H])c([2H])c([2H])c9%10)c([2H])c8[2H])c7[2H])ncnc6c5c4)c3[2H])c([2H])c2[2H])c([2H])c1[2H]. The van der Waals surface area contributed by atoms with E-state index in [2.05, 4.69) is 9.97 Å². The third-order valence-corrected chi connectivity index (χ3v) is 11.0. The Morgan fingerprint density at radius 1 is 0.375 bits per heavy atom. The molecule has 0 unspecified atom stereocenters. The second kappa shape index (κ2) is 13.5. The van der Waals surface area contributed by atoms with Crippen LogP contribution in [0.2, 0.25) is 0 Å². The molecule has 0 aliphatic rings. The maximum absolute atomic E-state index is 9.60. The van der Waals surface area contributed by atoms with Gasteiger partial charge in [-0.05, 0) is 85.9 Å². The first kappa shape index (κ1) is 15.1. The van der Waals surface area contributed by atoms with Crippen LogP contribution in [0.15, 0.2) is 194 Å². The molecule has 0 saturated heterocycles. The van der Waals surface area contributed by atoms with Crippen LogP contribution in [0, 0.1) is 0 Å². The van der Waals surface area contributed by atoms with Crippen LogP contribution >= 0.6 is 22.7 Å². The van der Waals surface area contributed by atoms with Crippen molar-refractivity contribution in [2.24, 2.45) is 0 Å². The first-order chi connectivity index (χ1) is 39.4. The van der Waals surface area contributed by atoms with Gasteiger partial charge >= 0.3 is 0 Å². The molecule has 8 aromatic carbocycles. The van der Waals surface area contributed by atoms with Gasteiger partial charge in [-0.15, -0.1) is 22.7 Å². The largest absolute Gasteiger partial charge is 0.235 e. The van der Waals surface area contributed by atoms with Crippen LogP contribution in [0.25, 0.3) is 107 Å². The van der Waals surface area contributed by atoms with Crippen LogP contribution < -0.4 is 0 Å². The van der Waals surface area contributed by atoms with Gasteiger partial charge in [-0.1, -0.05) is 157 Å². The summed E-state index contributed by atoms with van der Waals surface area (Å²) in [5.41, 5.74) is -5.35. The van der Waals surface area contributed by atoms with Gasteiger partial charge in [0.2, 0.25) is 0 Å². The topological polar surface area (TPSA) is 25.8 Å². The molecule has 4 heteroatoms. The van der Waals surface area contributed by atoms with Crippen molar-refractivity contribution in [3.63, 3.8) is 0 Å². The molecule has 0 spiro atoms. The predicted octanol–water partition coefficient (Wildman–Crippen LogP) is 15.2. The van der Waals surface area contributed by atoms with Crippen molar-refractivity contribution in [1.82, 2.24) is 9.97 Å². The quantitative estimate of drug-likeness (QED) is 0.168. The minimum Gasteiger partial charge on any atom is -0.235 e. The zero-order valence-electron chi connectivity index (χ0n) is 56.0. The number of nitrogens with zero attached hydrogens (tertiary/aromatic N) is 2. The van der Waals surface area contributed by atoms with Crippen LogP contribution in [0.4, 0.5) is 0 Å². The van der Waals surface area contributed by atoms with E-state index in [1.54, 1.807) is 6.07 Å². The fraction of sp³-hybridized carbons (Fsp3) is 0. The number of benzene rings is 8. The Morgan fingerprint density at radius 2 is 0.929 bits per heavy atom. The van der Waals surface area contributed by atoms with Gasteiger partial charge in [0.25, 0.3) is 0 Å². The Balaban J connectivity index is 1.08. The molecule has 11 rings (SSSR count). The number of hydrogen-bond donors (Lipinski definition) is 0.